The first-order valence-corrected chi connectivity index (χ1v) is 7.13. The van der Waals surface area contributed by atoms with Crippen molar-refractivity contribution in [3.05, 3.63) is 35.9 Å². The summed E-state index contributed by atoms with van der Waals surface area (Å²) in [5, 5.41) is 5.42. The highest BCUT2D eigenvalue weighted by Gasteiger charge is 2.43. The molecule has 4 nitrogen and oxygen atoms in total. The molecule has 1 aromatic carbocycles. The number of carbonyl (C=O) groups excluding carboxylic acids is 1. The van der Waals surface area contributed by atoms with Gasteiger partial charge < -0.3 is 10.1 Å². The number of benzene rings is 1. The van der Waals surface area contributed by atoms with Crippen LogP contribution in [0.3, 0.4) is 0 Å². The molecular weight excluding hydrogens is 314 g/mol. The monoisotopic (exact) mass is 332 g/mol. The molecule has 22 heavy (non-hydrogen) atoms. The predicted octanol–water partition coefficient (Wildman–Crippen LogP) is 2.05. The Labute approximate surface area is 134 Å². The first kappa shape index (κ1) is 17.1. The number of amides is 1. The fraction of sp³-hybridized carbons (Fsp3) is 0.533. The number of halogens is 3. The molecule has 2 fully saturated rings. The molecule has 0 aliphatic carbocycles. The fourth-order valence-corrected chi connectivity index (χ4v) is 2.89. The highest BCUT2D eigenvalue weighted by molar-refractivity contribution is 5.85. The van der Waals surface area contributed by atoms with Gasteiger partial charge in [0.1, 0.15) is 6.10 Å². The third-order valence-electron chi connectivity index (χ3n) is 3.97. The minimum Gasteiger partial charge on any atom is -0.371 e. The number of alkyl halides is 2. The Morgan fingerprint density at radius 1 is 1.32 bits per heavy atom. The molecule has 0 radical (unpaired) electrons. The molecular formula is C15H19ClF2N2O2. The highest BCUT2D eigenvalue weighted by atomic mass is 35.5. The lowest BCUT2D eigenvalue weighted by molar-refractivity contribution is -0.124. The van der Waals surface area contributed by atoms with Gasteiger partial charge in [-0.2, -0.15) is 0 Å². The maximum absolute atomic E-state index is 13.1. The van der Waals surface area contributed by atoms with E-state index in [0.717, 1.165) is 5.56 Å². The second kappa shape index (κ2) is 6.89. The van der Waals surface area contributed by atoms with E-state index < -0.39 is 24.9 Å². The van der Waals surface area contributed by atoms with Gasteiger partial charge in [0.2, 0.25) is 5.91 Å². The van der Waals surface area contributed by atoms with Gasteiger partial charge in [0.05, 0.1) is 18.6 Å². The third kappa shape index (κ3) is 3.74. The van der Waals surface area contributed by atoms with Crippen LogP contribution >= 0.6 is 12.4 Å². The summed E-state index contributed by atoms with van der Waals surface area (Å²) in [6.45, 7) is 0.118. The SMILES string of the molecule is Cl.O=C(NC1CCOC1c1ccccc1)C1CC(F)(F)CN1. The zero-order chi connectivity index (χ0) is 14.9. The Hall–Kier alpha value is -1.24. The van der Waals surface area contributed by atoms with E-state index in [0.29, 0.717) is 13.0 Å². The standard InChI is InChI=1S/C15H18F2N2O2.ClH/c16-15(17)8-12(18-9-15)14(20)19-11-6-7-21-13(11)10-4-2-1-3-5-10;/h1-5,11-13,18H,6-9H2,(H,19,20);1H. The van der Waals surface area contributed by atoms with E-state index >= 15 is 0 Å². The van der Waals surface area contributed by atoms with Crippen LogP contribution in [0.2, 0.25) is 0 Å². The molecule has 0 bridgehead atoms. The van der Waals surface area contributed by atoms with E-state index in [1.165, 1.54) is 0 Å². The first-order valence-electron chi connectivity index (χ1n) is 7.13. The van der Waals surface area contributed by atoms with Gasteiger partial charge in [0, 0.05) is 13.0 Å². The summed E-state index contributed by atoms with van der Waals surface area (Å²) in [6, 6.07) is 8.63. The third-order valence-corrected chi connectivity index (χ3v) is 3.97. The summed E-state index contributed by atoms with van der Waals surface area (Å²) < 4.78 is 32.0. The maximum Gasteiger partial charge on any atom is 0.262 e. The molecule has 0 aromatic heterocycles. The number of carbonyl (C=O) groups is 1. The minimum atomic E-state index is -2.80. The van der Waals surface area contributed by atoms with Gasteiger partial charge in [-0.15, -0.1) is 12.4 Å². The summed E-state index contributed by atoms with van der Waals surface area (Å²) in [7, 11) is 0. The summed E-state index contributed by atoms with van der Waals surface area (Å²) in [6.07, 6.45) is 0.0358. The average molecular weight is 333 g/mol. The van der Waals surface area contributed by atoms with Crippen molar-refractivity contribution in [1.29, 1.82) is 0 Å². The van der Waals surface area contributed by atoms with E-state index in [2.05, 4.69) is 10.6 Å². The predicted molar refractivity (Wildman–Crippen MR) is 80.3 cm³/mol. The molecule has 122 valence electrons. The lowest BCUT2D eigenvalue weighted by Gasteiger charge is -2.22. The van der Waals surface area contributed by atoms with Gasteiger partial charge in [-0.1, -0.05) is 30.3 Å². The molecule has 3 rings (SSSR count). The zero-order valence-corrected chi connectivity index (χ0v) is 12.7. The number of hydrogen-bond donors (Lipinski definition) is 2. The van der Waals surface area contributed by atoms with Gasteiger partial charge in [-0.25, -0.2) is 8.78 Å². The van der Waals surface area contributed by atoms with E-state index in [4.69, 9.17) is 4.74 Å². The van der Waals surface area contributed by atoms with Crippen LogP contribution in [0.1, 0.15) is 24.5 Å². The van der Waals surface area contributed by atoms with Crippen LogP contribution in [-0.4, -0.2) is 37.1 Å². The molecule has 2 N–H and O–H groups in total. The van der Waals surface area contributed by atoms with Crippen LogP contribution in [-0.2, 0) is 9.53 Å². The van der Waals surface area contributed by atoms with E-state index in [1.54, 1.807) is 0 Å². The highest BCUT2D eigenvalue weighted by Crippen LogP contribution is 2.30. The smallest absolute Gasteiger partial charge is 0.262 e. The second-order valence-electron chi connectivity index (χ2n) is 5.60. The molecule has 2 aliphatic heterocycles. The van der Waals surface area contributed by atoms with Gasteiger partial charge in [-0.3, -0.25) is 10.1 Å². The van der Waals surface area contributed by atoms with Gasteiger partial charge in [0.15, 0.2) is 0 Å². The van der Waals surface area contributed by atoms with E-state index in [9.17, 15) is 13.6 Å². The van der Waals surface area contributed by atoms with Crippen LogP contribution in [0.25, 0.3) is 0 Å². The molecule has 2 heterocycles. The van der Waals surface area contributed by atoms with Crippen molar-refractivity contribution >= 4 is 18.3 Å². The number of ether oxygens (including phenoxy) is 1. The van der Waals surface area contributed by atoms with Gasteiger partial charge in [-0.05, 0) is 12.0 Å². The lowest BCUT2D eigenvalue weighted by atomic mass is 10.0. The normalized spacial score (nSPS) is 29.8. The lowest BCUT2D eigenvalue weighted by Crippen LogP contribution is -2.46. The van der Waals surface area contributed by atoms with Gasteiger partial charge >= 0.3 is 0 Å². The first-order chi connectivity index (χ1) is 10.1. The summed E-state index contributed by atoms with van der Waals surface area (Å²) in [5.74, 6) is -3.17. The molecule has 3 unspecified atom stereocenters. The summed E-state index contributed by atoms with van der Waals surface area (Å²) in [4.78, 5) is 12.1. The Morgan fingerprint density at radius 3 is 2.68 bits per heavy atom. The second-order valence-corrected chi connectivity index (χ2v) is 5.60. The molecule has 1 aromatic rings. The van der Waals surface area contributed by atoms with E-state index in [-0.39, 0.29) is 30.5 Å². The van der Waals surface area contributed by atoms with Crippen LogP contribution in [0, 0.1) is 0 Å². The summed E-state index contributed by atoms with van der Waals surface area (Å²) >= 11 is 0. The largest absolute Gasteiger partial charge is 0.371 e. The molecule has 0 saturated carbocycles. The molecule has 1 amide bonds. The van der Waals surface area contributed by atoms with Crippen LogP contribution in [0.15, 0.2) is 30.3 Å². The van der Waals surface area contributed by atoms with Crippen LogP contribution in [0.5, 0.6) is 0 Å². The van der Waals surface area contributed by atoms with Crippen molar-refractivity contribution in [2.24, 2.45) is 0 Å². The van der Waals surface area contributed by atoms with Gasteiger partial charge in [0.25, 0.3) is 5.92 Å². The zero-order valence-electron chi connectivity index (χ0n) is 11.9. The van der Waals surface area contributed by atoms with E-state index in [1.807, 2.05) is 30.3 Å². The average Bonchev–Trinajstić information content (AvgIpc) is 3.06. The Bertz CT molecular complexity index is 516. The van der Waals surface area contributed by atoms with Crippen molar-refractivity contribution in [3.8, 4) is 0 Å². The maximum atomic E-state index is 13.1. The fourth-order valence-electron chi connectivity index (χ4n) is 2.89. The number of nitrogens with one attached hydrogen (secondary N) is 2. The van der Waals surface area contributed by atoms with Crippen LogP contribution < -0.4 is 10.6 Å². The molecule has 0 spiro atoms. The number of hydrogen-bond acceptors (Lipinski definition) is 3. The van der Waals surface area contributed by atoms with Crippen molar-refractivity contribution in [2.75, 3.05) is 13.2 Å². The topological polar surface area (TPSA) is 50.4 Å². The van der Waals surface area contributed by atoms with Crippen molar-refractivity contribution < 1.29 is 18.3 Å². The molecule has 3 atom stereocenters. The quantitative estimate of drug-likeness (QED) is 0.890. The van der Waals surface area contributed by atoms with Crippen molar-refractivity contribution in [2.45, 2.75) is 37.0 Å². The molecule has 2 aliphatic rings. The van der Waals surface area contributed by atoms with Crippen molar-refractivity contribution in [1.82, 2.24) is 10.6 Å². The number of rotatable bonds is 3. The molecule has 7 heteroatoms. The van der Waals surface area contributed by atoms with Crippen molar-refractivity contribution in [3.63, 3.8) is 0 Å². The minimum absolute atomic E-state index is 0. The molecule has 2 saturated heterocycles. The Balaban J connectivity index is 0.00000176. The Morgan fingerprint density at radius 2 is 2.05 bits per heavy atom. The summed E-state index contributed by atoms with van der Waals surface area (Å²) in [5.41, 5.74) is 0.991. The Kier molecular flexibility index (Phi) is 5.36. The van der Waals surface area contributed by atoms with Crippen LogP contribution in [0.4, 0.5) is 8.78 Å².